The summed E-state index contributed by atoms with van der Waals surface area (Å²) in [5.41, 5.74) is 1.74. The van der Waals surface area contributed by atoms with E-state index in [0.717, 1.165) is 11.1 Å². The number of aryl methyl sites for hydroxylation is 1. The highest BCUT2D eigenvalue weighted by Gasteiger charge is 2.32. The number of carboxylic acids is 1. The minimum atomic E-state index is -3.13. The second-order valence-corrected chi connectivity index (χ2v) is 7.25. The Morgan fingerprint density at radius 3 is 2.84 bits per heavy atom. The van der Waals surface area contributed by atoms with Gasteiger partial charge in [-0.05, 0) is 30.0 Å². The first-order valence-corrected chi connectivity index (χ1v) is 7.94. The quantitative estimate of drug-likeness (QED) is 0.836. The first-order chi connectivity index (χ1) is 8.97. The van der Waals surface area contributed by atoms with Crippen molar-refractivity contribution in [1.82, 2.24) is 5.32 Å². The zero-order valence-electron chi connectivity index (χ0n) is 10.3. The molecule has 1 saturated heterocycles. The van der Waals surface area contributed by atoms with Gasteiger partial charge in [0.05, 0.1) is 16.6 Å². The van der Waals surface area contributed by atoms with Crippen LogP contribution in [0.25, 0.3) is 0 Å². The Bertz CT molecular complexity index is 638. The predicted octanol–water partition coefficient (Wildman–Crippen LogP) is 0.752. The number of hydrogen-bond donors (Lipinski definition) is 2. The van der Waals surface area contributed by atoms with E-state index in [1.807, 2.05) is 12.1 Å². The van der Waals surface area contributed by atoms with E-state index < -0.39 is 21.7 Å². The van der Waals surface area contributed by atoms with Crippen molar-refractivity contribution in [2.75, 3.05) is 12.3 Å². The first kappa shape index (κ1) is 12.6. The summed E-state index contributed by atoms with van der Waals surface area (Å²) in [6, 6.07) is 5.40. The van der Waals surface area contributed by atoms with Gasteiger partial charge in [0.1, 0.15) is 0 Å². The molecule has 2 heterocycles. The lowest BCUT2D eigenvalue weighted by Crippen LogP contribution is -2.17. The van der Waals surface area contributed by atoms with Gasteiger partial charge in [-0.3, -0.25) is 4.79 Å². The van der Waals surface area contributed by atoms with Crippen molar-refractivity contribution in [3.63, 3.8) is 0 Å². The second-order valence-electron chi connectivity index (χ2n) is 5.17. The zero-order valence-corrected chi connectivity index (χ0v) is 11.1. The SMILES string of the molecule is O=C(O)C1CNC(c2ccc3c(c2)S(=O)(=O)CC3)C1. The third-order valence-corrected chi connectivity index (χ3v) is 5.74. The van der Waals surface area contributed by atoms with Crippen LogP contribution in [0.15, 0.2) is 23.1 Å². The molecule has 0 radical (unpaired) electrons. The summed E-state index contributed by atoms with van der Waals surface area (Å²) in [5.74, 6) is -1.01. The molecule has 2 atom stereocenters. The van der Waals surface area contributed by atoms with E-state index in [1.54, 1.807) is 6.07 Å². The maximum atomic E-state index is 11.9. The van der Waals surface area contributed by atoms with Crippen LogP contribution in [0.5, 0.6) is 0 Å². The van der Waals surface area contributed by atoms with Crippen molar-refractivity contribution in [2.24, 2.45) is 5.92 Å². The van der Waals surface area contributed by atoms with E-state index in [0.29, 0.717) is 24.3 Å². The molecule has 2 aliphatic heterocycles. The Hall–Kier alpha value is -1.40. The molecule has 0 amide bonds. The fourth-order valence-electron chi connectivity index (χ4n) is 2.82. The Labute approximate surface area is 111 Å². The minimum Gasteiger partial charge on any atom is -0.481 e. The molecule has 1 fully saturated rings. The maximum Gasteiger partial charge on any atom is 0.307 e. The zero-order chi connectivity index (χ0) is 13.6. The molecule has 1 aromatic carbocycles. The molecule has 19 heavy (non-hydrogen) atoms. The van der Waals surface area contributed by atoms with E-state index in [-0.39, 0.29) is 11.8 Å². The van der Waals surface area contributed by atoms with Gasteiger partial charge >= 0.3 is 5.97 Å². The van der Waals surface area contributed by atoms with Crippen LogP contribution in [-0.2, 0) is 21.1 Å². The predicted molar refractivity (Wildman–Crippen MR) is 68.7 cm³/mol. The Morgan fingerprint density at radius 2 is 2.16 bits per heavy atom. The highest BCUT2D eigenvalue weighted by molar-refractivity contribution is 7.91. The Kier molecular flexibility index (Phi) is 2.87. The highest BCUT2D eigenvalue weighted by atomic mass is 32.2. The van der Waals surface area contributed by atoms with E-state index in [2.05, 4.69) is 5.32 Å². The van der Waals surface area contributed by atoms with Crippen LogP contribution in [0.1, 0.15) is 23.6 Å². The summed E-state index contributed by atoms with van der Waals surface area (Å²) < 4.78 is 23.8. The van der Waals surface area contributed by atoms with Crippen molar-refractivity contribution in [2.45, 2.75) is 23.8 Å². The average molecular weight is 281 g/mol. The standard InChI is InChI=1S/C13H15NO4S/c15-13(16)10-5-11(14-7-10)9-2-1-8-3-4-19(17,18)12(8)6-9/h1-2,6,10-11,14H,3-5,7H2,(H,15,16). The molecule has 2 aliphatic rings. The van der Waals surface area contributed by atoms with Crippen molar-refractivity contribution < 1.29 is 18.3 Å². The van der Waals surface area contributed by atoms with Crippen LogP contribution in [0.2, 0.25) is 0 Å². The fourth-order valence-corrected chi connectivity index (χ4v) is 4.41. The smallest absolute Gasteiger partial charge is 0.307 e. The molecule has 2 unspecified atom stereocenters. The number of rotatable bonds is 2. The third kappa shape index (κ3) is 2.15. The summed E-state index contributed by atoms with van der Waals surface area (Å²) in [6.45, 7) is 0.434. The lowest BCUT2D eigenvalue weighted by molar-refractivity contribution is -0.141. The monoisotopic (exact) mass is 281 g/mol. The molecule has 0 saturated carbocycles. The normalized spacial score (nSPS) is 28.2. The highest BCUT2D eigenvalue weighted by Crippen LogP contribution is 2.32. The van der Waals surface area contributed by atoms with Crippen LogP contribution < -0.4 is 5.32 Å². The lowest BCUT2D eigenvalue weighted by Gasteiger charge is -2.12. The van der Waals surface area contributed by atoms with Gasteiger partial charge in [0.25, 0.3) is 0 Å². The van der Waals surface area contributed by atoms with Crippen molar-refractivity contribution in [1.29, 1.82) is 0 Å². The largest absolute Gasteiger partial charge is 0.481 e. The minimum absolute atomic E-state index is 0.0674. The molecule has 0 bridgehead atoms. The van der Waals surface area contributed by atoms with Gasteiger partial charge in [0.15, 0.2) is 9.84 Å². The van der Waals surface area contributed by atoms with Crippen molar-refractivity contribution >= 4 is 15.8 Å². The molecule has 0 aliphatic carbocycles. The summed E-state index contributed by atoms with van der Waals surface area (Å²) in [7, 11) is -3.13. The van der Waals surface area contributed by atoms with Crippen LogP contribution in [0, 0.1) is 5.92 Å². The number of hydrogen-bond acceptors (Lipinski definition) is 4. The van der Waals surface area contributed by atoms with Crippen LogP contribution in [-0.4, -0.2) is 31.8 Å². The third-order valence-electron chi connectivity index (χ3n) is 3.95. The molecule has 0 aromatic heterocycles. The van der Waals surface area contributed by atoms with E-state index >= 15 is 0 Å². The van der Waals surface area contributed by atoms with Crippen molar-refractivity contribution in [3.8, 4) is 0 Å². The average Bonchev–Trinajstić information content (AvgIpc) is 2.95. The van der Waals surface area contributed by atoms with Gasteiger partial charge in [-0.15, -0.1) is 0 Å². The van der Waals surface area contributed by atoms with E-state index in [1.165, 1.54) is 0 Å². The molecule has 1 aromatic rings. The number of carboxylic acid groups (broad SMARTS) is 1. The molecule has 2 N–H and O–H groups in total. The summed E-state index contributed by atoms with van der Waals surface area (Å²) in [4.78, 5) is 11.4. The Balaban J connectivity index is 1.90. The van der Waals surface area contributed by atoms with Crippen LogP contribution in [0.3, 0.4) is 0 Å². The number of fused-ring (bicyclic) bond motifs is 1. The lowest BCUT2D eigenvalue weighted by atomic mass is 9.99. The molecule has 6 heteroatoms. The molecule has 0 spiro atoms. The summed E-state index contributed by atoms with van der Waals surface area (Å²) in [6.07, 6.45) is 1.09. The molecule has 3 rings (SSSR count). The summed E-state index contributed by atoms with van der Waals surface area (Å²) >= 11 is 0. The summed E-state index contributed by atoms with van der Waals surface area (Å²) in [5, 5.41) is 12.1. The van der Waals surface area contributed by atoms with E-state index in [9.17, 15) is 13.2 Å². The van der Waals surface area contributed by atoms with Crippen LogP contribution >= 0.6 is 0 Å². The van der Waals surface area contributed by atoms with Gasteiger partial charge < -0.3 is 10.4 Å². The van der Waals surface area contributed by atoms with Gasteiger partial charge in [-0.1, -0.05) is 12.1 Å². The van der Waals surface area contributed by atoms with Gasteiger partial charge in [-0.2, -0.15) is 0 Å². The first-order valence-electron chi connectivity index (χ1n) is 6.29. The molecule has 5 nitrogen and oxygen atoms in total. The van der Waals surface area contributed by atoms with Crippen molar-refractivity contribution in [3.05, 3.63) is 29.3 Å². The maximum absolute atomic E-state index is 11.9. The molecule has 102 valence electrons. The second kappa shape index (κ2) is 4.31. The fraction of sp³-hybridized carbons (Fsp3) is 0.462. The van der Waals surface area contributed by atoms with Gasteiger partial charge in [0.2, 0.25) is 0 Å². The number of carbonyl (C=O) groups is 1. The molecular weight excluding hydrogens is 266 g/mol. The number of benzene rings is 1. The topological polar surface area (TPSA) is 83.5 Å². The van der Waals surface area contributed by atoms with E-state index in [4.69, 9.17) is 5.11 Å². The molecular formula is C13H15NO4S. The van der Waals surface area contributed by atoms with Gasteiger partial charge in [0, 0.05) is 12.6 Å². The number of sulfone groups is 1. The Morgan fingerprint density at radius 1 is 1.37 bits per heavy atom. The number of nitrogens with one attached hydrogen (secondary N) is 1. The number of aliphatic carboxylic acids is 1. The van der Waals surface area contributed by atoms with Crippen LogP contribution in [0.4, 0.5) is 0 Å². The van der Waals surface area contributed by atoms with Gasteiger partial charge in [-0.25, -0.2) is 8.42 Å².